The molecular formula is C23H27FN2O4S. The third-order valence-corrected chi connectivity index (χ3v) is 7.95. The van der Waals surface area contributed by atoms with Gasteiger partial charge in [-0.3, -0.25) is 4.79 Å². The van der Waals surface area contributed by atoms with Crippen LogP contribution in [0.5, 0.6) is 5.75 Å². The maximum atomic E-state index is 13.2. The molecule has 2 aliphatic rings. The first-order valence-corrected chi connectivity index (χ1v) is 12.0. The average molecular weight is 447 g/mol. The largest absolute Gasteiger partial charge is 0.497 e. The summed E-state index contributed by atoms with van der Waals surface area (Å²) < 4.78 is 45.6. The molecular weight excluding hydrogens is 419 g/mol. The second kappa shape index (κ2) is 8.96. The molecule has 31 heavy (non-hydrogen) atoms. The Hall–Kier alpha value is -2.45. The van der Waals surface area contributed by atoms with Gasteiger partial charge in [-0.25, -0.2) is 12.8 Å². The van der Waals surface area contributed by atoms with Gasteiger partial charge in [-0.2, -0.15) is 4.31 Å². The molecule has 166 valence electrons. The summed E-state index contributed by atoms with van der Waals surface area (Å²) in [6.45, 7) is 1.10. The predicted molar refractivity (Wildman–Crippen MR) is 114 cm³/mol. The lowest BCUT2D eigenvalue weighted by atomic mass is 9.96. The fourth-order valence-corrected chi connectivity index (χ4v) is 5.50. The summed E-state index contributed by atoms with van der Waals surface area (Å²) in [5, 5.41) is 0. The van der Waals surface area contributed by atoms with Gasteiger partial charge in [0.2, 0.25) is 15.9 Å². The molecule has 1 aliphatic heterocycles. The molecule has 1 heterocycles. The molecule has 1 saturated heterocycles. The Morgan fingerprint density at radius 2 is 1.65 bits per heavy atom. The number of ether oxygens (including phenoxy) is 1. The summed E-state index contributed by atoms with van der Waals surface area (Å²) >= 11 is 0. The van der Waals surface area contributed by atoms with Crippen LogP contribution in [0.15, 0.2) is 53.4 Å². The molecule has 2 aromatic carbocycles. The number of piperidine rings is 1. The number of methoxy groups -OCH3 is 1. The molecule has 2 fully saturated rings. The third-order valence-electron chi connectivity index (χ3n) is 6.04. The summed E-state index contributed by atoms with van der Waals surface area (Å²) in [6.07, 6.45) is 2.97. The van der Waals surface area contributed by atoms with Gasteiger partial charge in [0.15, 0.2) is 0 Å². The zero-order valence-corrected chi connectivity index (χ0v) is 18.4. The number of benzene rings is 2. The highest BCUT2D eigenvalue weighted by Gasteiger charge is 2.38. The molecule has 0 spiro atoms. The van der Waals surface area contributed by atoms with E-state index in [1.54, 1.807) is 36.4 Å². The molecule has 0 radical (unpaired) electrons. The quantitative estimate of drug-likeness (QED) is 0.654. The van der Waals surface area contributed by atoms with E-state index in [4.69, 9.17) is 4.74 Å². The number of halogens is 1. The molecule has 0 atom stereocenters. The number of carbonyl (C=O) groups is 1. The summed E-state index contributed by atoms with van der Waals surface area (Å²) in [6, 6.07) is 12.8. The third kappa shape index (κ3) is 4.91. The molecule has 8 heteroatoms. The Labute approximate surface area is 182 Å². The van der Waals surface area contributed by atoms with Crippen LogP contribution in [0.25, 0.3) is 0 Å². The van der Waals surface area contributed by atoms with Crippen molar-refractivity contribution in [3.05, 3.63) is 59.9 Å². The Kier molecular flexibility index (Phi) is 6.29. The molecule has 2 aromatic rings. The number of nitrogens with zero attached hydrogens (tertiary/aromatic N) is 2. The molecule has 1 amide bonds. The van der Waals surface area contributed by atoms with Crippen molar-refractivity contribution in [1.29, 1.82) is 0 Å². The lowest BCUT2D eigenvalue weighted by Gasteiger charge is -2.34. The van der Waals surface area contributed by atoms with Gasteiger partial charge >= 0.3 is 0 Å². The fourth-order valence-electron chi connectivity index (χ4n) is 4.03. The van der Waals surface area contributed by atoms with Crippen LogP contribution in [0.3, 0.4) is 0 Å². The molecule has 0 bridgehead atoms. The normalized spacial score (nSPS) is 18.0. The second-order valence-corrected chi connectivity index (χ2v) is 10.1. The zero-order chi connectivity index (χ0) is 22.0. The molecule has 4 rings (SSSR count). The summed E-state index contributed by atoms with van der Waals surface area (Å²) in [5.74, 6) is 0.194. The zero-order valence-electron chi connectivity index (χ0n) is 17.5. The number of sulfonamides is 1. The monoisotopic (exact) mass is 446 g/mol. The van der Waals surface area contributed by atoms with Crippen LogP contribution in [-0.4, -0.2) is 49.8 Å². The van der Waals surface area contributed by atoms with Crippen LogP contribution in [0, 0.1) is 11.7 Å². The topological polar surface area (TPSA) is 66.9 Å². The van der Waals surface area contributed by atoms with Crippen molar-refractivity contribution in [2.45, 2.75) is 43.2 Å². The number of hydrogen-bond donors (Lipinski definition) is 0. The number of hydrogen-bond acceptors (Lipinski definition) is 4. The van der Waals surface area contributed by atoms with Gasteiger partial charge in [0.05, 0.1) is 12.0 Å². The summed E-state index contributed by atoms with van der Waals surface area (Å²) in [5.41, 5.74) is 0.904. The van der Waals surface area contributed by atoms with E-state index >= 15 is 0 Å². The highest BCUT2D eigenvalue weighted by atomic mass is 32.2. The fraction of sp³-hybridized carbons (Fsp3) is 0.435. The Morgan fingerprint density at radius 3 is 2.19 bits per heavy atom. The minimum atomic E-state index is -3.60. The first kappa shape index (κ1) is 21.8. The SMILES string of the molecule is COc1ccc(S(=O)(=O)N2CCC(C(=O)N(Cc3ccc(F)cc3)C3CC3)CC2)cc1. The van der Waals surface area contributed by atoms with Gasteiger partial charge in [-0.15, -0.1) is 0 Å². The Bertz CT molecular complexity index is 1010. The van der Waals surface area contributed by atoms with Gasteiger partial charge < -0.3 is 9.64 Å². The van der Waals surface area contributed by atoms with E-state index in [-0.39, 0.29) is 28.6 Å². The minimum Gasteiger partial charge on any atom is -0.497 e. The van der Waals surface area contributed by atoms with Gasteiger partial charge in [-0.05, 0) is 67.6 Å². The summed E-state index contributed by atoms with van der Waals surface area (Å²) in [7, 11) is -2.06. The predicted octanol–water partition coefficient (Wildman–Crippen LogP) is 3.43. The number of rotatable bonds is 7. The Balaban J connectivity index is 1.39. The van der Waals surface area contributed by atoms with Crippen LogP contribution in [0.4, 0.5) is 4.39 Å². The van der Waals surface area contributed by atoms with Crippen LogP contribution >= 0.6 is 0 Å². The number of carbonyl (C=O) groups excluding carboxylic acids is 1. The van der Waals surface area contributed by atoms with Crippen LogP contribution in [-0.2, 0) is 21.4 Å². The van der Waals surface area contributed by atoms with Crippen molar-refractivity contribution in [3.63, 3.8) is 0 Å². The van der Waals surface area contributed by atoms with E-state index in [2.05, 4.69) is 0 Å². The van der Waals surface area contributed by atoms with Crippen molar-refractivity contribution in [2.24, 2.45) is 5.92 Å². The molecule has 0 N–H and O–H groups in total. The summed E-state index contributed by atoms with van der Waals surface area (Å²) in [4.78, 5) is 15.3. The van der Waals surface area contributed by atoms with Gasteiger partial charge in [0.1, 0.15) is 11.6 Å². The van der Waals surface area contributed by atoms with E-state index in [0.29, 0.717) is 38.2 Å². The maximum absolute atomic E-state index is 13.2. The highest BCUT2D eigenvalue weighted by Crippen LogP contribution is 2.33. The smallest absolute Gasteiger partial charge is 0.243 e. The lowest BCUT2D eigenvalue weighted by molar-refractivity contribution is -0.138. The van der Waals surface area contributed by atoms with Crippen LogP contribution < -0.4 is 4.74 Å². The molecule has 0 unspecified atom stereocenters. The van der Waals surface area contributed by atoms with E-state index in [9.17, 15) is 17.6 Å². The van der Waals surface area contributed by atoms with Gasteiger partial charge in [-0.1, -0.05) is 12.1 Å². The molecule has 1 aliphatic carbocycles. The highest BCUT2D eigenvalue weighted by molar-refractivity contribution is 7.89. The minimum absolute atomic E-state index is 0.0771. The van der Waals surface area contributed by atoms with E-state index in [0.717, 1.165) is 18.4 Å². The van der Waals surface area contributed by atoms with E-state index < -0.39 is 10.0 Å². The van der Waals surface area contributed by atoms with E-state index in [1.807, 2.05) is 4.90 Å². The van der Waals surface area contributed by atoms with Crippen molar-refractivity contribution >= 4 is 15.9 Å². The Morgan fingerprint density at radius 1 is 1.03 bits per heavy atom. The van der Waals surface area contributed by atoms with Crippen LogP contribution in [0.1, 0.15) is 31.2 Å². The first-order chi connectivity index (χ1) is 14.9. The van der Waals surface area contributed by atoms with Crippen molar-refractivity contribution < 1.29 is 22.3 Å². The molecule has 6 nitrogen and oxygen atoms in total. The second-order valence-electron chi connectivity index (χ2n) is 8.18. The van der Waals surface area contributed by atoms with Crippen molar-refractivity contribution in [3.8, 4) is 5.75 Å². The van der Waals surface area contributed by atoms with Gasteiger partial charge in [0, 0.05) is 31.6 Å². The lowest BCUT2D eigenvalue weighted by Crippen LogP contribution is -2.44. The van der Waals surface area contributed by atoms with Crippen molar-refractivity contribution in [1.82, 2.24) is 9.21 Å². The first-order valence-electron chi connectivity index (χ1n) is 10.6. The standard InChI is InChI=1S/C23H27FN2O4S/c1-30-21-8-10-22(11-9-21)31(28,29)25-14-12-18(13-15-25)23(27)26(20-6-7-20)16-17-2-4-19(24)5-3-17/h2-5,8-11,18,20H,6-7,12-16H2,1H3. The maximum Gasteiger partial charge on any atom is 0.243 e. The number of amides is 1. The molecule has 1 saturated carbocycles. The van der Waals surface area contributed by atoms with Crippen LogP contribution in [0.2, 0.25) is 0 Å². The van der Waals surface area contributed by atoms with Crippen molar-refractivity contribution in [2.75, 3.05) is 20.2 Å². The van der Waals surface area contributed by atoms with Gasteiger partial charge in [0.25, 0.3) is 0 Å². The average Bonchev–Trinajstić information content (AvgIpc) is 3.63. The van der Waals surface area contributed by atoms with E-state index in [1.165, 1.54) is 23.5 Å². The molecule has 0 aromatic heterocycles.